The monoisotopic (exact) mass is 382 g/mol. The summed E-state index contributed by atoms with van der Waals surface area (Å²) >= 11 is 1.43. The van der Waals surface area contributed by atoms with Gasteiger partial charge >= 0.3 is 0 Å². The maximum absolute atomic E-state index is 13.2. The molecule has 140 valence electrons. The number of anilines is 1. The Morgan fingerprint density at radius 1 is 1.30 bits per heavy atom. The molecule has 0 saturated heterocycles. The van der Waals surface area contributed by atoms with E-state index in [9.17, 15) is 4.79 Å². The molecule has 4 rings (SSSR count). The molecule has 0 radical (unpaired) electrons. The van der Waals surface area contributed by atoms with Crippen LogP contribution in [0, 0.1) is 6.92 Å². The Hall–Kier alpha value is -2.54. The van der Waals surface area contributed by atoms with E-state index in [0.717, 1.165) is 29.3 Å². The molecule has 1 aromatic carbocycles. The van der Waals surface area contributed by atoms with Crippen LogP contribution < -0.4 is 4.90 Å². The SMILES string of the molecule is Cc1occc1-c1nnc(S[C@@H](C)C(=O)N2c3ccccc3C[C@H]2C)n1C. The number of hydrogen-bond acceptors (Lipinski definition) is 5. The fourth-order valence-corrected chi connectivity index (χ4v) is 4.44. The minimum atomic E-state index is -0.264. The van der Waals surface area contributed by atoms with Crippen molar-refractivity contribution in [3.05, 3.63) is 47.9 Å². The van der Waals surface area contributed by atoms with Crippen molar-refractivity contribution < 1.29 is 9.21 Å². The molecule has 1 aliphatic heterocycles. The molecule has 2 aromatic heterocycles. The van der Waals surface area contributed by atoms with E-state index in [4.69, 9.17) is 4.42 Å². The number of aryl methyl sites for hydroxylation is 1. The van der Waals surface area contributed by atoms with Crippen LogP contribution in [0.15, 0.2) is 46.2 Å². The molecule has 1 aliphatic rings. The van der Waals surface area contributed by atoms with Gasteiger partial charge in [0.2, 0.25) is 5.91 Å². The second kappa shape index (κ2) is 6.88. The number of carbonyl (C=O) groups excluding carboxylic acids is 1. The minimum absolute atomic E-state index is 0.0986. The van der Waals surface area contributed by atoms with Gasteiger partial charge in [-0.2, -0.15) is 0 Å². The smallest absolute Gasteiger partial charge is 0.240 e. The molecular formula is C20H22N4O2S. The first-order valence-corrected chi connectivity index (χ1v) is 9.87. The summed E-state index contributed by atoms with van der Waals surface area (Å²) in [6.07, 6.45) is 2.54. The molecule has 0 N–H and O–H groups in total. The van der Waals surface area contributed by atoms with E-state index in [0.29, 0.717) is 5.16 Å². The molecular weight excluding hydrogens is 360 g/mol. The van der Waals surface area contributed by atoms with Crippen LogP contribution in [0.3, 0.4) is 0 Å². The Morgan fingerprint density at radius 3 is 2.81 bits per heavy atom. The normalized spacial score (nSPS) is 17.2. The molecule has 3 heterocycles. The lowest BCUT2D eigenvalue weighted by Crippen LogP contribution is -2.40. The van der Waals surface area contributed by atoms with Gasteiger partial charge in [0, 0.05) is 18.8 Å². The molecule has 0 unspecified atom stereocenters. The molecule has 1 amide bonds. The van der Waals surface area contributed by atoms with Gasteiger partial charge in [-0.1, -0.05) is 30.0 Å². The van der Waals surface area contributed by atoms with Gasteiger partial charge in [-0.15, -0.1) is 10.2 Å². The van der Waals surface area contributed by atoms with Crippen molar-refractivity contribution >= 4 is 23.4 Å². The van der Waals surface area contributed by atoms with Gasteiger partial charge in [0.25, 0.3) is 0 Å². The highest BCUT2D eigenvalue weighted by atomic mass is 32.2. The van der Waals surface area contributed by atoms with E-state index in [1.165, 1.54) is 17.3 Å². The molecule has 3 aromatic rings. The lowest BCUT2D eigenvalue weighted by atomic mass is 10.1. The Labute approximate surface area is 162 Å². The number of aromatic nitrogens is 3. The number of nitrogens with zero attached hydrogens (tertiary/aromatic N) is 4. The van der Waals surface area contributed by atoms with Gasteiger partial charge in [-0.25, -0.2) is 0 Å². The van der Waals surface area contributed by atoms with Crippen molar-refractivity contribution in [2.24, 2.45) is 7.05 Å². The molecule has 6 nitrogen and oxygen atoms in total. The van der Waals surface area contributed by atoms with Gasteiger partial charge in [0.05, 0.1) is 17.1 Å². The topological polar surface area (TPSA) is 64.2 Å². The van der Waals surface area contributed by atoms with Gasteiger partial charge in [0.1, 0.15) is 5.76 Å². The Bertz CT molecular complexity index is 994. The lowest BCUT2D eigenvalue weighted by molar-refractivity contribution is -0.118. The van der Waals surface area contributed by atoms with Crippen molar-refractivity contribution in [3.8, 4) is 11.4 Å². The van der Waals surface area contributed by atoms with E-state index >= 15 is 0 Å². The Kier molecular flexibility index (Phi) is 4.55. The van der Waals surface area contributed by atoms with Gasteiger partial charge in [-0.05, 0) is 44.9 Å². The zero-order valence-corrected chi connectivity index (χ0v) is 16.7. The maximum atomic E-state index is 13.2. The van der Waals surface area contributed by atoms with Crippen molar-refractivity contribution in [3.63, 3.8) is 0 Å². The van der Waals surface area contributed by atoms with Crippen LogP contribution in [0.25, 0.3) is 11.4 Å². The Morgan fingerprint density at radius 2 is 2.07 bits per heavy atom. The standard InChI is InChI=1S/C20H22N4O2S/c1-12-11-15-7-5-6-8-17(15)24(12)19(25)14(3)27-20-22-21-18(23(20)4)16-9-10-26-13(16)2/h5-10,12,14H,11H2,1-4H3/t12-,14+/m1/s1. The summed E-state index contributed by atoms with van der Waals surface area (Å²) in [6.45, 7) is 5.92. The highest BCUT2D eigenvalue weighted by molar-refractivity contribution is 8.00. The first kappa shape index (κ1) is 17.9. The number of amides is 1. The summed E-state index contributed by atoms with van der Waals surface area (Å²) in [5.41, 5.74) is 3.17. The van der Waals surface area contributed by atoms with Crippen molar-refractivity contribution in [2.45, 2.75) is 43.6 Å². The van der Waals surface area contributed by atoms with Crippen molar-refractivity contribution in [1.29, 1.82) is 0 Å². The number of benzene rings is 1. The Balaban J connectivity index is 1.55. The largest absolute Gasteiger partial charge is 0.469 e. The molecule has 0 fully saturated rings. The van der Waals surface area contributed by atoms with Crippen molar-refractivity contribution in [2.75, 3.05) is 4.90 Å². The van der Waals surface area contributed by atoms with E-state index in [2.05, 4.69) is 23.2 Å². The summed E-state index contributed by atoms with van der Waals surface area (Å²) in [5.74, 6) is 1.64. The zero-order valence-electron chi connectivity index (χ0n) is 15.8. The second-order valence-electron chi connectivity index (χ2n) is 6.91. The molecule has 0 bridgehead atoms. The number of rotatable bonds is 4. The molecule has 7 heteroatoms. The summed E-state index contributed by atoms with van der Waals surface area (Å²) in [6, 6.07) is 10.2. The lowest BCUT2D eigenvalue weighted by Gasteiger charge is -2.25. The third-order valence-corrected chi connectivity index (χ3v) is 6.13. The van der Waals surface area contributed by atoms with Crippen LogP contribution >= 0.6 is 11.8 Å². The zero-order chi connectivity index (χ0) is 19.1. The number of carbonyl (C=O) groups is 1. The highest BCUT2D eigenvalue weighted by Crippen LogP contribution is 2.35. The molecule has 0 aliphatic carbocycles. The molecule has 2 atom stereocenters. The highest BCUT2D eigenvalue weighted by Gasteiger charge is 2.34. The van der Waals surface area contributed by atoms with Crippen LogP contribution in [0.5, 0.6) is 0 Å². The van der Waals surface area contributed by atoms with E-state index in [-0.39, 0.29) is 17.2 Å². The average molecular weight is 382 g/mol. The van der Waals surface area contributed by atoms with Crippen LogP contribution in [-0.4, -0.2) is 32.0 Å². The minimum Gasteiger partial charge on any atom is -0.469 e. The van der Waals surface area contributed by atoms with Crippen LogP contribution in [0.1, 0.15) is 25.2 Å². The van der Waals surface area contributed by atoms with Crippen molar-refractivity contribution in [1.82, 2.24) is 14.8 Å². The number of hydrogen-bond donors (Lipinski definition) is 0. The average Bonchev–Trinajstić information content (AvgIpc) is 3.31. The van der Waals surface area contributed by atoms with E-state index < -0.39 is 0 Å². The van der Waals surface area contributed by atoms with E-state index in [1.54, 1.807) is 6.26 Å². The first-order chi connectivity index (χ1) is 13.0. The fraction of sp³-hybridized carbons (Fsp3) is 0.350. The second-order valence-corrected chi connectivity index (χ2v) is 8.21. The summed E-state index contributed by atoms with van der Waals surface area (Å²) in [5, 5.41) is 9.03. The number of para-hydroxylation sites is 1. The van der Waals surface area contributed by atoms with Crippen LogP contribution in [-0.2, 0) is 18.3 Å². The predicted molar refractivity (Wildman–Crippen MR) is 106 cm³/mol. The third-order valence-electron chi connectivity index (χ3n) is 5.01. The number of fused-ring (bicyclic) bond motifs is 1. The summed E-state index contributed by atoms with van der Waals surface area (Å²) in [7, 11) is 1.91. The predicted octanol–water partition coefficient (Wildman–Crippen LogP) is 3.84. The van der Waals surface area contributed by atoms with E-state index in [1.807, 2.05) is 54.6 Å². The molecule has 27 heavy (non-hydrogen) atoms. The number of furan rings is 1. The summed E-state index contributed by atoms with van der Waals surface area (Å²) < 4.78 is 7.28. The van der Waals surface area contributed by atoms with Gasteiger partial charge in [-0.3, -0.25) is 4.79 Å². The molecule has 0 saturated carbocycles. The van der Waals surface area contributed by atoms with Crippen LogP contribution in [0.2, 0.25) is 0 Å². The van der Waals surface area contributed by atoms with Gasteiger partial charge in [0.15, 0.2) is 11.0 Å². The maximum Gasteiger partial charge on any atom is 0.240 e. The third kappa shape index (κ3) is 3.06. The fourth-order valence-electron chi connectivity index (χ4n) is 3.57. The van der Waals surface area contributed by atoms with Crippen LogP contribution in [0.4, 0.5) is 5.69 Å². The number of thioether (sulfide) groups is 1. The first-order valence-electron chi connectivity index (χ1n) is 8.99. The van der Waals surface area contributed by atoms with Gasteiger partial charge < -0.3 is 13.9 Å². The summed E-state index contributed by atoms with van der Waals surface area (Å²) in [4.78, 5) is 15.1. The quantitative estimate of drug-likeness (QED) is 0.642. The molecule has 0 spiro atoms.